The van der Waals surface area contributed by atoms with Crippen molar-refractivity contribution in [1.29, 1.82) is 0 Å². The molecule has 0 amide bonds. The summed E-state index contributed by atoms with van der Waals surface area (Å²) in [6, 6.07) is 5.61. The molecule has 1 heterocycles. The number of rotatable bonds is 11. The first kappa shape index (κ1) is 25.6. The Kier molecular flexibility index (Phi) is 9.06. The molecule has 0 unspecified atom stereocenters. The van der Waals surface area contributed by atoms with E-state index in [-0.39, 0.29) is 5.95 Å². The van der Waals surface area contributed by atoms with Gasteiger partial charge in [-0.1, -0.05) is 0 Å². The lowest BCUT2D eigenvalue weighted by atomic mass is 10.2. The van der Waals surface area contributed by atoms with Gasteiger partial charge < -0.3 is 15.5 Å². The summed E-state index contributed by atoms with van der Waals surface area (Å²) in [5.74, 6) is 1.20. The number of nitrogens with zero attached hydrogens (tertiary/aromatic N) is 5. The molecule has 1 aromatic heterocycles. The number of alkyl halides is 3. The molecule has 0 aliphatic rings. The molecule has 1 aromatic carbocycles. The highest BCUT2D eigenvalue weighted by Crippen LogP contribution is 2.30. The molecule has 0 atom stereocenters. The topological polar surface area (TPSA) is 69.2 Å². The zero-order valence-electron chi connectivity index (χ0n) is 19.7. The second-order valence-corrected chi connectivity index (χ2v) is 8.01. The third-order valence-electron chi connectivity index (χ3n) is 5.12. The number of aromatic nitrogens is 3. The smallest absolute Gasteiger partial charge is 0.353 e. The van der Waals surface area contributed by atoms with E-state index in [1.807, 2.05) is 18.7 Å². The van der Waals surface area contributed by atoms with Gasteiger partial charge in [0, 0.05) is 44.0 Å². The average Bonchev–Trinajstić information content (AvgIpc) is 2.71. The van der Waals surface area contributed by atoms with Crippen molar-refractivity contribution in [2.24, 2.45) is 0 Å². The summed E-state index contributed by atoms with van der Waals surface area (Å²) in [6.45, 7) is 15.6. The monoisotopic (exact) mass is 453 g/mol. The number of hydrogen-bond acceptors (Lipinski definition) is 7. The molecule has 2 rings (SSSR count). The van der Waals surface area contributed by atoms with Crippen LogP contribution >= 0.6 is 0 Å². The normalized spacial score (nSPS) is 12.0. The van der Waals surface area contributed by atoms with Crippen LogP contribution in [0.1, 0.15) is 47.1 Å². The Morgan fingerprint density at radius 2 is 1.44 bits per heavy atom. The summed E-state index contributed by atoms with van der Waals surface area (Å²) in [6.07, 6.45) is -4.38. The molecule has 0 saturated heterocycles. The van der Waals surface area contributed by atoms with E-state index in [0.29, 0.717) is 49.3 Å². The molecular weight excluding hydrogens is 419 g/mol. The maximum atomic E-state index is 12.8. The lowest BCUT2D eigenvalue weighted by molar-refractivity contribution is -0.137. The molecule has 2 N–H and O–H groups in total. The van der Waals surface area contributed by atoms with Crippen molar-refractivity contribution in [2.45, 2.75) is 59.8 Å². The molecule has 178 valence electrons. The van der Waals surface area contributed by atoms with Crippen molar-refractivity contribution in [1.82, 2.24) is 19.9 Å². The van der Waals surface area contributed by atoms with Crippen LogP contribution in [0.4, 0.5) is 36.7 Å². The quantitative estimate of drug-likeness (QED) is 0.496. The van der Waals surface area contributed by atoms with Gasteiger partial charge in [-0.25, -0.2) is 0 Å². The lowest BCUT2D eigenvalue weighted by Crippen LogP contribution is -2.40. The number of anilines is 4. The molecule has 0 aliphatic carbocycles. The summed E-state index contributed by atoms with van der Waals surface area (Å²) in [7, 11) is 0. The SMILES string of the molecule is CCN(CC)c1nc(NCCN(C(C)C)C(C)C)nc(Nc2ccc(C(F)(F)F)cc2)n1. The highest BCUT2D eigenvalue weighted by molar-refractivity contribution is 5.56. The summed E-state index contributed by atoms with van der Waals surface area (Å²) in [4.78, 5) is 17.8. The number of hydrogen-bond donors (Lipinski definition) is 2. The zero-order valence-corrected chi connectivity index (χ0v) is 19.7. The standard InChI is InChI=1S/C22H34F3N7/c1-7-31(8-2)21-29-19(26-13-14-32(15(3)4)16(5)6)28-20(30-21)27-18-11-9-17(10-12-18)22(23,24)25/h9-12,15-16H,7-8,13-14H2,1-6H3,(H2,26,27,28,29,30). The van der Waals surface area contributed by atoms with Crippen LogP contribution in [0.5, 0.6) is 0 Å². The van der Waals surface area contributed by atoms with E-state index >= 15 is 0 Å². The van der Waals surface area contributed by atoms with Crippen molar-refractivity contribution < 1.29 is 13.2 Å². The fourth-order valence-corrected chi connectivity index (χ4v) is 3.43. The maximum absolute atomic E-state index is 12.8. The minimum Gasteiger partial charge on any atom is -0.353 e. The van der Waals surface area contributed by atoms with Gasteiger partial charge in [-0.05, 0) is 65.8 Å². The molecule has 32 heavy (non-hydrogen) atoms. The minimum atomic E-state index is -4.38. The summed E-state index contributed by atoms with van der Waals surface area (Å²) in [5.41, 5.74) is -0.240. The second-order valence-electron chi connectivity index (χ2n) is 8.01. The summed E-state index contributed by atoms with van der Waals surface area (Å²) < 4.78 is 38.5. The molecule has 0 spiro atoms. The van der Waals surface area contributed by atoms with Crippen LogP contribution in [0.25, 0.3) is 0 Å². The van der Waals surface area contributed by atoms with Gasteiger partial charge >= 0.3 is 6.18 Å². The van der Waals surface area contributed by atoms with Gasteiger partial charge in [0.25, 0.3) is 0 Å². The van der Waals surface area contributed by atoms with Crippen LogP contribution in [0.15, 0.2) is 24.3 Å². The molecule has 10 heteroatoms. The van der Waals surface area contributed by atoms with E-state index in [1.54, 1.807) is 0 Å². The predicted molar refractivity (Wildman–Crippen MR) is 124 cm³/mol. The number of benzene rings is 1. The Balaban J connectivity index is 2.22. The number of halogens is 3. The van der Waals surface area contributed by atoms with Crippen molar-refractivity contribution in [3.63, 3.8) is 0 Å². The van der Waals surface area contributed by atoms with E-state index in [2.05, 4.69) is 58.2 Å². The maximum Gasteiger partial charge on any atom is 0.416 e. The van der Waals surface area contributed by atoms with Crippen LogP contribution in [-0.4, -0.2) is 58.1 Å². The van der Waals surface area contributed by atoms with Crippen molar-refractivity contribution >= 4 is 23.5 Å². The van der Waals surface area contributed by atoms with Crippen LogP contribution in [0.2, 0.25) is 0 Å². The minimum absolute atomic E-state index is 0.272. The van der Waals surface area contributed by atoms with Gasteiger partial charge in [0.15, 0.2) is 0 Å². The van der Waals surface area contributed by atoms with Gasteiger partial charge in [-0.2, -0.15) is 28.1 Å². The highest BCUT2D eigenvalue weighted by atomic mass is 19.4. The molecule has 0 bridgehead atoms. The van der Waals surface area contributed by atoms with E-state index in [4.69, 9.17) is 0 Å². The third kappa shape index (κ3) is 7.22. The second kappa shape index (κ2) is 11.3. The Labute approximate surface area is 188 Å². The molecule has 7 nitrogen and oxygen atoms in total. The van der Waals surface area contributed by atoms with Crippen LogP contribution in [0, 0.1) is 0 Å². The first-order valence-electron chi connectivity index (χ1n) is 11.0. The van der Waals surface area contributed by atoms with Gasteiger partial charge in [0.05, 0.1) is 5.56 Å². The van der Waals surface area contributed by atoms with Gasteiger partial charge in [-0.3, -0.25) is 4.90 Å². The predicted octanol–water partition coefficient (Wildman–Crippen LogP) is 5.01. The third-order valence-corrected chi connectivity index (χ3v) is 5.12. The van der Waals surface area contributed by atoms with E-state index in [0.717, 1.165) is 18.7 Å². The molecular formula is C22H34F3N7. The molecule has 2 aromatic rings. The summed E-state index contributed by atoms with van der Waals surface area (Å²) in [5, 5.41) is 6.26. The first-order valence-corrected chi connectivity index (χ1v) is 11.0. The van der Waals surface area contributed by atoms with Crippen molar-refractivity contribution in [3.05, 3.63) is 29.8 Å². The zero-order chi connectivity index (χ0) is 23.9. The first-order chi connectivity index (χ1) is 15.0. The Morgan fingerprint density at radius 3 is 1.94 bits per heavy atom. The van der Waals surface area contributed by atoms with E-state index in [9.17, 15) is 13.2 Å². The largest absolute Gasteiger partial charge is 0.416 e. The fourth-order valence-electron chi connectivity index (χ4n) is 3.43. The highest BCUT2D eigenvalue weighted by Gasteiger charge is 2.30. The van der Waals surface area contributed by atoms with Crippen LogP contribution < -0.4 is 15.5 Å². The van der Waals surface area contributed by atoms with Crippen molar-refractivity contribution in [2.75, 3.05) is 41.7 Å². The van der Waals surface area contributed by atoms with Crippen LogP contribution in [0.3, 0.4) is 0 Å². The van der Waals surface area contributed by atoms with Gasteiger partial charge in [0.2, 0.25) is 17.8 Å². The van der Waals surface area contributed by atoms with Crippen LogP contribution in [-0.2, 0) is 6.18 Å². The molecule has 0 radical (unpaired) electrons. The lowest BCUT2D eigenvalue weighted by Gasteiger charge is -2.30. The van der Waals surface area contributed by atoms with Gasteiger partial charge in [0.1, 0.15) is 0 Å². The van der Waals surface area contributed by atoms with Gasteiger partial charge in [-0.15, -0.1) is 0 Å². The van der Waals surface area contributed by atoms with Crippen molar-refractivity contribution in [3.8, 4) is 0 Å². The molecule has 0 fully saturated rings. The van der Waals surface area contributed by atoms with E-state index < -0.39 is 11.7 Å². The molecule has 0 saturated carbocycles. The Bertz CT molecular complexity index is 826. The fraction of sp³-hybridized carbons (Fsp3) is 0.591. The average molecular weight is 454 g/mol. The Hall–Kier alpha value is -2.62. The summed E-state index contributed by atoms with van der Waals surface area (Å²) >= 11 is 0. The van der Waals surface area contributed by atoms with E-state index in [1.165, 1.54) is 12.1 Å². The molecule has 0 aliphatic heterocycles. The number of nitrogens with one attached hydrogen (secondary N) is 2. The Morgan fingerprint density at radius 1 is 0.875 bits per heavy atom.